The maximum atomic E-state index is 12.1. The molecule has 0 radical (unpaired) electrons. The van der Waals surface area contributed by atoms with E-state index in [1.165, 1.54) is 37.9 Å². The minimum absolute atomic E-state index is 0.226. The van der Waals surface area contributed by atoms with Crippen LogP contribution in [0.4, 0.5) is 0 Å². The van der Waals surface area contributed by atoms with Crippen molar-refractivity contribution in [1.82, 2.24) is 16.0 Å². The minimum atomic E-state index is 0.226. The van der Waals surface area contributed by atoms with Crippen LogP contribution in [-0.2, 0) is 4.79 Å². The first-order valence-corrected chi connectivity index (χ1v) is 9.98. The lowest BCUT2D eigenvalue weighted by Gasteiger charge is -2.24. The minimum Gasteiger partial charge on any atom is -0.355 e. The molecule has 0 bridgehead atoms. The number of amides is 1. The van der Waals surface area contributed by atoms with E-state index in [1.54, 1.807) is 7.05 Å². The van der Waals surface area contributed by atoms with Crippen LogP contribution >= 0.6 is 11.8 Å². The van der Waals surface area contributed by atoms with Gasteiger partial charge in [0.05, 0.1) is 0 Å². The van der Waals surface area contributed by atoms with Gasteiger partial charge in [0.2, 0.25) is 5.91 Å². The summed E-state index contributed by atoms with van der Waals surface area (Å²) < 4.78 is 0.326. The first-order valence-electron chi connectivity index (χ1n) is 8.99. The molecule has 23 heavy (non-hydrogen) atoms. The van der Waals surface area contributed by atoms with Gasteiger partial charge in [-0.05, 0) is 38.4 Å². The molecule has 0 spiro atoms. The van der Waals surface area contributed by atoms with Crippen molar-refractivity contribution in [3.63, 3.8) is 0 Å². The second kappa shape index (κ2) is 9.40. The largest absolute Gasteiger partial charge is 0.355 e. The highest BCUT2D eigenvalue weighted by Crippen LogP contribution is 2.36. The van der Waals surface area contributed by atoms with E-state index in [1.807, 2.05) is 11.8 Å². The molecular formula is C17H32N4OS. The number of hydrogen-bond donors (Lipinski definition) is 3. The third-order valence-electron chi connectivity index (χ3n) is 4.85. The highest BCUT2D eigenvalue weighted by Gasteiger charge is 2.29. The van der Waals surface area contributed by atoms with Gasteiger partial charge in [-0.2, -0.15) is 11.8 Å². The number of rotatable bonds is 6. The zero-order chi connectivity index (χ0) is 16.5. The summed E-state index contributed by atoms with van der Waals surface area (Å²) in [5, 5.41) is 9.74. The number of guanidine groups is 1. The van der Waals surface area contributed by atoms with Gasteiger partial charge in [0.15, 0.2) is 5.96 Å². The lowest BCUT2D eigenvalue weighted by atomic mass is 9.89. The van der Waals surface area contributed by atoms with Crippen molar-refractivity contribution in [2.24, 2.45) is 10.9 Å². The Morgan fingerprint density at radius 3 is 2.52 bits per heavy atom. The fraction of sp³-hybridized carbons (Fsp3) is 0.882. The van der Waals surface area contributed by atoms with Crippen molar-refractivity contribution in [1.29, 1.82) is 0 Å². The van der Waals surface area contributed by atoms with Crippen molar-refractivity contribution in [2.75, 3.05) is 32.4 Å². The van der Waals surface area contributed by atoms with Gasteiger partial charge in [0, 0.05) is 37.3 Å². The van der Waals surface area contributed by atoms with Gasteiger partial charge in [-0.25, -0.2) is 0 Å². The van der Waals surface area contributed by atoms with Gasteiger partial charge in [-0.3, -0.25) is 9.79 Å². The molecule has 1 saturated carbocycles. The second-order valence-corrected chi connectivity index (χ2v) is 8.56. The zero-order valence-corrected chi connectivity index (χ0v) is 15.4. The molecule has 0 aromatic heterocycles. The van der Waals surface area contributed by atoms with Gasteiger partial charge >= 0.3 is 0 Å². The summed E-state index contributed by atoms with van der Waals surface area (Å²) >= 11 is 2.04. The molecule has 132 valence electrons. The van der Waals surface area contributed by atoms with Crippen molar-refractivity contribution in [2.45, 2.75) is 56.6 Å². The lowest BCUT2D eigenvalue weighted by Crippen LogP contribution is -2.46. The van der Waals surface area contributed by atoms with Crippen LogP contribution < -0.4 is 16.0 Å². The van der Waals surface area contributed by atoms with E-state index in [-0.39, 0.29) is 11.8 Å². The number of nitrogens with one attached hydrogen (secondary N) is 3. The zero-order valence-electron chi connectivity index (χ0n) is 14.6. The van der Waals surface area contributed by atoms with Crippen molar-refractivity contribution in [3.05, 3.63) is 0 Å². The predicted molar refractivity (Wildman–Crippen MR) is 99.0 cm³/mol. The van der Waals surface area contributed by atoms with Gasteiger partial charge in [-0.1, -0.05) is 19.3 Å². The molecule has 2 aliphatic rings. The summed E-state index contributed by atoms with van der Waals surface area (Å²) in [6, 6.07) is 0. The molecule has 0 aromatic carbocycles. The molecule has 1 aliphatic carbocycles. The fourth-order valence-electron chi connectivity index (χ4n) is 3.34. The molecular weight excluding hydrogens is 308 g/mol. The predicted octanol–water partition coefficient (Wildman–Crippen LogP) is 2.13. The Hall–Kier alpha value is -0.910. The summed E-state index contributed by atoms with van der Waals surface area (Å²) in [5.74, 6) is 2.55. The Balaban J connectivity index is 1.59. The summed E-state index contributed by atoms with van der Waals surface area (Å²) in [6.45, 7) is 4.62. The van der Waals surface area contributed by atoms with E-state index < -0.39 is 0 Å². The van der Waals surface area contributed by atoms with E-state index >= 15 is 0 Å². The normalized spacial score (nSPS) is 26.1. The van der Waals surface area contributed by atoms with Crippen LogP contribution in [0.1, 0.15) is 51.9 Å². The molecule has 1 amide bonds. The third kappa shape index (κ3) is 6.24. The molecule has 3 N–H and O–H groups in total. The second-order valence-electron chi connectivity index (χ2n) is 6.88. The maximum Gasteiger partial charge on any atom is 0.223 e. The summed E-state index contributed by atoms with van der Waals surface area (Å²) in [5.41, 5.74) is 0. The van der Waals surface area contributed by atoms with Gasteiger partial charge in [-0.15, -0.1) is 0 Å². The molecule has 5 nitrogen and oxygen atoms in total. The average molecular weight is 341 g/mol. The SMILES string of the molecule is CN=C(NCCNC(=O)C1CCCCC1)NCC1(C)CCCS1. The number of nitrogens with zero attached hydrogens (tertiary/aromatic N) is 1. The summed E-state index contributed by atoms with van der Waals surface area (Å²) in [4.78, 5) is 16.3. The molecule has 2 fully saturated rings. The highest BCUT2D eigenvalue weighted by atomic mass is 32.2. The van der Waals surface area contributed by atoms with Crippen LogP contribution in [0.15, 0.2) is 4.99 Å². The molecule has 1 atom stereocenters. The Bertz CT molecular complexity index is 401. The van der Waals surface area contributed by atoms with Crippen LogP contribution in [0.3, 0.4) is 0 Å². The van der Waals surface area contributed by atoms with Crippen LogP contribution in [-0.4, -0.2) is 49.0 Å². The Morgan fingerprint density at radius 1 is 1.13 bits per heavy atom. The van der Waals surface area contributed by atoms with Gasteiger partial charge in [0.1, 0.15) is 0 Å². The number of thioether (sulfide) groups is 1. The van der Waals surface area contributed by atoms with E-state index in [4.69, 9.17) is 0 Å². The summed E-state index contributed by atoms with van der Waals surface area (Å²) in [6.07, 6.45) is 8.36. The number of aliphatic imine (C=N–C) groups is 1. The quantitative estimate of drug-likeness (QED) is 0.394. The van der Waals surface area contributed by atoms with E-state index in [0.29, 0.717) is 17.8 Å². The molecule has 2 rings (SSSR count). The third-order valence-corrected chi connectivity index (χ3v) is 6.38. The van der Waals surface area contributed by atoms with E-state index in [0.717, 1.165) is 25.3 Å². The smallest absolute Gasteiger partial charge is 0.223 e. The highest BCUT2D eigenvalue weighted by molar-refractivity contribution is 8.00. The van der Waals surface area contributed by atoms with Crippen LogP contribution in [0.5, 0.6) is 0 Å². The Morgan fingerprint density at radius 2 is 1.87 bits per heavy atom. The van der Waals surface area contributed by atoms with Crippen molar-refractivity contribution < 1.29 is 4.79 Å². The maximum absolute atomic E-state index is 12.1. The van der Waals surface area contributed by atoms with E-state index in [9.17, 15) is 4.79 Å². The molecule has 1 saturated heterocycles. The molecule has 1 unspecified atom stereocenters. The van der Waals surface area contributed by atoms with Crippen molar-refractivity contribution >= 4 is 23.6 Å². The lowest BCUT2D eigenvalue weighted by molar-refractivity contribution is -0.125. The van der Waals surface area contributed by atoms with Gasteiger partial charge in [0.25, 0.3) is 0 Å². The molecule has 1 heterocycles. The first-order chi connectivity index (χ1) is 11.1. The van der Waals surface area contributed by atoms with Crippen LogP contribution in [0.2, 0.25) is 0 Å². The molecule has 6 heteroatoms. The fourth-order valence-corrected chi connectivity index (χ4v) is 4.59. The summed E-state index contributed by atoms with van der Waals surface area (Å²) in [7, 11) is 1.79. The van der Waals surface area contributed by atoms with Crippen molar-refractivity contribution in [3.8, 4) is 0 Å². The monoisotopic (exact) mass is 340 g/mol. The standard InChI is InChI=1S/C17H32N4OS/c1-17(9-6-12-23-17)13-21-16(18-2)20-11-10-19-15(22)14-7-4-3-5-8-14/h14H,3-13H2,1-2H3,(H,19,22)(H2,18,20,21). The topological polar surface area (TPSA) is 65.5 Å². The number of carbonyl (C=O) groups excluding carboxylic acids is 1. The van der Waals surface area contributed by atoms with Crippen LogP contribution in [0.25, 0.3) is 0 Å². The molecule has 1 aliphatic heterocycles. The average Bonchev–Trinajstić information content (AvgIpc) is 3.01. The Labute approximate surface area is 144 Å². The first kappa shape index (κ1) is 18.4. The Kier molecular flexibility index (Phi) is 7.53. The number of hydrogen-bond acceptors (Lipinski definition) is 3. The van der Waals surface area contributed by atoms with Gasteiger partial charge < -0.3 is 16.0 Å². The number of carbonyl (C=O) groups is 1. The van der Waals surface area contributed by atoms with Crippen LogP contribution in [0, 0.1) is 5.92 Å². The van der Waals surface area contributed by atoms with E-state index in [2.05, 4.69) is 27.9 Å². The molecule has 0 aromatic rings.